The average Bonchev–Trinajstić information content (AvgIpc) is 3.02. The minimum atomic E-state index is -3.61. The Morgan fingerprint density at radius 2 is 1.96 bits per heavy atom. The Morgan fingerprint density at radius 1 is 1.26 bits per heavy atom. The van der Waals surface area contributed by atoms with Gasteiger partial charge in [-0.2, -0.15) is 4.31 Å². The maximum Gasteiger partial charge on any atom is 0.252 e. The fourth-order valence-electron chi connectivity index (χ4n) is 2.29. The molecule has 2 rings (SSSR count). The second kappa shape index (κ2) is 7.25. The van der Waals surface area contributed by atoms with E-state index in [1.807, 2.05) is 38.1 Å². The summed E-state index contributed by atoms with van der Waals surface area (Å²) >= 11 is 1.14. The molecule has 7 heteroatoms. The SMILES string of the molecule is Cc1ccccc1[C@H](C)NC(=O)CN(C)S(=O)(=O)c1cccs1. The molecule has 5 nitrogen and oxygen atoms in total. The van der Waals surface area contributed by atoms with Gasteiger partial charge in [-0.15, -0.1) is 11.3 Å². The Hall–Kier alpha value is -1.70. The number of benzene rings is 1. The van der Waals surface area contributed by atoms with Crippen LogP contribution in [0.3, 0.4) is 0 Å². The predicted molar refractivity (Wildman–Crippen MR) is 91.9 cm³/mol. The second-order valence-corrected chi connectivity index (χ2v) is 8.56. The summed E-state index contributed by atoms with van der Waals surface area (Å²) in [7, 11) is -2.20. The zero-order valence-electron chi connectivity index (χ0n) is 13.3. The fraction of sp³-hybridized carbons (Fsp3) is 0.312. The number of amides is 1. The van der Waals surface area contributed by atoms with Crippen molar-refractivity contribution in [1.29, 1.82) is 0 Å². The third-order valence-electron chi connectivity index (χ3n) is 3.56. The fourth-order valence-corrected chi connectivity index (χ4v) is 4.62. The molecule has 0 aliphatic heterocycles. The van der Waals surface area contributed by atoms with Crippen LogP contribution in [0.1, 0.15) is 24.1 Å². The molecular formula is C16H20N2O3S2. The van der Waals surface area contributed by atoms with Crippen LogP contribution in [0, 0.1) is 6.92 Å². The molecule has 124 valence electrons. The Kier molecular flexibility index (Phi) is 5.56. The third-order valence-corrected chi connectivity index (χ3v) is 6.73. The summed E-state index contributed by atoms with van der Waals surface area (Å²) in [5.41, 5.74) is 2.10. The highest BCUT2D eigenvalue weighted by Gasteiger charge is 2.24. The van der Waals surface area contributed by atoms with Gasteiger partial charge in [-0.3, -0.25) is 4.79 Å². The molecular weight excluding hydrogens is 332 g/mol. The molecule has 2 aromatic rings. The van der Waals surface area contributed by atoms with Gasteiger partial charge in [0.2, 0.25) is 5.91 Å². The van der Waals surface area contributed by atoms with E-state index in [4.69, 9.17) is 0 Å². The molecule has 1 amide bonds. The molecule has 1 aromatic heterocycles. The quantitative estimate of drug-likeness (QED) is 0.869. The number of likely N-dealkylation sites (N-methyl/N-ethyl adjacent to an activating group) is 1. The zero-order chi connectivity index (χ0) is 17.0. The van der Waals surface area contributed by atoms with Crippen LogP contribution in [-0.4, -0.2) is 32.2 Å². The smallest absolute Gasteiger partial charge is 0.252 e. The van der Waals surface area contributed by atoms with Crippen molar-refractivity contribution in [3.05, 3.63) is 52.9 Å². The number of hydrogen-bond acceptors (Lipinski definition) is 4. The molecule has 0 saturated heterocycles. The number of thiophene rings is 1. The summed E-state index contributed by atoms with van der Waals surface area (Å²) in [6.45, 7) is 3.65. The normalized spacial score (nSPS) is 13.0. The minimum absolute atomic E-state index is 0.179. The number of rotatable bonds is 6. The van der Waals surface area contributed by atoms with Gasteiger partial charge in [0.25, 0.3) is 10.0 Å². The van der Waals surface area contributed by atoms with E-state index in [-0.39, 0.29) is 22.7 Å². The topological polar surface area (TPSA) is 66.5 Å². The Morgan fingerprint density at radius 3 is 2.57 bits per heavy atom. The first-order valence-corrected chi connectivity index (χ1v) is 9.49. The van der Waals surface area contributed by atoms with Crippen LogP contribution >= 0.6 is 11.3 Å². The van der Waals surface area contributed by atoms with Crippen molar-refractivity contribution in [3.8, 4) is 0 Å². The zero-order valence-corrected chi connectivity index (χ0v) is 14.9. The summed E-state index contributed by atoms with van der Waals surface area (Å²) in [5.74, 6) is -0.330. The van der Waals surface area contributed by atoms with Gasteiger partial charge in [-0.1, -0.05) is 30.3 Å². The van der Waals surface area contributed by atoms with Crippen LogP contribution in [0.5, 0.6) is 0 Å². The van der Waals surface area contributed by atoms with Crippen LogP contribution in [0.4, 0.5) is 0 Å². The molecule has 23 heavy (non-hydrogen) atoms. The number of sulfonamides is 1. The van der Waals surface area contributed by atoms with Crippen molar-refractivity contribution >= 4 is 27.3 Å². The number of hydrogen-bond donors (Lipinski definition) is 1. The van der Waals surface area contributed by atoms with E-state index >= 15 is 0 Å². The van der Waals surface area contributed by atoms with Crippen molar-refractivity contribution < 1.29 is 13.2 Å². The molecule has 0 fully saturated rings. The number of nitrogens with zero attached hydrogens (tertiary/aromatic N) is 1. The third kappa shape index (κ3) is 4.19. The standard InChI is InChI=1S/C16H20N2O3S2/c1-12-7-4-5-8-14(12)13(2)17-15(19)11-18(3)23(20,21)16-9-6-10-22-16/h4-10,13H,11H2,1-3H3,(H,17,19)/t13-/m0/s1. The summed E-state index contributed by atoms with van der Waals surface area (Å²) in [4.78, 5) is 12.2. The summed E-state index contributed by atoms with van der Waals surface area (Å²) in [6, 6.07) is 10.8. The van der Waals surface area contributed by atoms with Gasteiger partial charge in [0.05, 0.1) is 12.6 Å². The maximum atomic E-state index is 12.3. The van der Waals surface area contributed by atoms with Gasteiger partial charge in [0, 0.05) is 7.05 Å². The number of carbonyl (C=O) groups excluding carboxylic acids is 1. The summed E-state index contributed by atoms with van der Waals surface area (Å²) in [5, 5.41) is 4.54. The van der Waals surface area contributed by atoms with Crippen LogP contribution in [0.15, 0.2) is 46.0 Å². The van der Waals surface area contributed by atoms with Crippen LogP contribution < -0.4 is 5.32 Å². The highest BCUT2D eigenvalue weighted by molar-refractivity contribution is 7.91. The average molecular weight is 352 g/mol. The maximum absolute atomic E-state index is 12.3. The second-order valence-electron chi connectivity index (χ2n) is 5.34. The summed E-state index contributed by atoms with van der Waals surface area (Å²) in [6.07, 6.45) is 0. The molecule has 0 unspecified atom stereocenters. The molecule has 0 aliphatic carbocycles. The van der Waals surface area contributed by atoms with Gasteiger partial charge >= 0.3 is 0 Å². The van der Waals surface area contributed by atoms with Crippen molar-refractivity contribution in [2.24, 2.45) is 0 Å². The minimum Gasteiger partial charge on any atom is -0.348 e. The molecule has 0 radical (unpaired) electrons. The van der Waals surface area contributed by atoms with Gasteiger partial charge < -0.3 is 5.32 Å². The molecule has 0 saturated carbocycles. The number of nitrogens with one attached hydrogen (secondary N) is 1. The van der Waals surface area contributed by atoms with Crippen LogP contribution in [0.25, 0.3) is 0 Å². The Balaban J connectivity index is 2.01. The van der Waals surface area contributed by atoms with E-state index in [1.165, 1.54) is 13.1 Å². The summed E-state index contributed by atoms with van der Waals surface area (Å²) < 4.78 is 25.9. The molecule has 0 spiro atoms. The van der Waals surface area contributed by atoms with Gasteiger partial charge in [0.15, 0.2) is 0 Å². The van der Waals surface area contributed by atoms with E-state index in [0.717, 1.165) is 26.8 Å². The van der Waals surface area contributed by atoms with Crippen LogP contribution in [-0.2, 0) is 14.8 Å². The molecule has 1 atom stereocenters. The van der Waals surface area contributed by atoms with E-state index < -0.39 is 10.0 Å². The molecule has 1 N–H and O–H groups in total. The first-order chi connectivity index (χ1) is 10.8. The molecule has 1 heterocycles. The number of carbonyl (C=O) groups is 1. The lowest BCUT2D eigenvalue weighted by Gasteiger charge is -2.19. The van der Waals surface area contributed by atoms with Gasteiger partial charge in [-0.25, -0.2) is 8.42 Å². The Labute approximate surface area is 141 Å². The lowest BCUT2D eigenvalue weighted by molar-refractivity contribution is -0.121. The largest absolute Gasteiger partial charge is 0.348 e. The first kappa shape index (κ1) is 17.7. The van der Waals surface area contributed by atoms with E-state index in [2.05, 4.69) is 5.32 Å². The van der Waals surface area contributed by atoms with Crippen molar-refractivity contribution in [2.45, 2.75) is 24.1 Å². The van der Waals surface area contributed by atoms with Crippen molar-refractivity contribution in [2.75, 3.05) is 13.6 Å². The van der Waals surface area contributed by atoms with E-state index in [9.17, 15) is 13.2 Å². The first-order valence-electron chi connectivity index (χ1n) is 7.17. The van der Waals surface area contributed by atoms with Gasteiger partial charge in [-0.05, 0) is 36.4 Å². The Bertz CT molecular complexity index is 770. The predicted octanol–water partition coefficient (Wildman–Crippen LogP) is 2.55. The van der Waals surface area contributed by atoms with Crippen molar-refractivity contribution in [3.63, 3.8) is 0 Å². The molecule has 0 bridgehead atoms. The monoisotopic (exact) mass is 352 g/mol. The lowest BCUT2D eigenvalue weighted by Crippen LogP contribution is -2.39. The highest BCUT2D eigenvalue weighted by Crippen LogP contribution is 2.20. The molecule has 1 aromatic carbocycles. The number of aryl methyl sites for hydroxylation is 1. The lowest BCUT2D eigenvalue weighted by atomic mass is 10.0. The van der Waals surface area contributed by atoms with Crippen molar-refractivity contribution in [1.82, 2.24) is 9.62 Å². The molecule has 0 aliphatic rings. The van der Waals surface area contributed by atoms with E-state index in [0.29, 0.717) is 0 Å². The highest BCUT2D eigenvalue weighted by atomic mass is 32.2. The van der Waals surface area contributed by atoms with E-state index in [1.54, 1.807) is 11.4 Å². The van der Waals surface area contributed by atoms with Crippen LogP contribution in [0.2, 0.25) is 0 Å². The van der Waals surface area contributed by atoms with Gasteiger partial charge in [0.1, 0.15) is 4.21 Å².